The average Bonchev–Trinajstić information content (AvgIpc) is 3.62. The van der Waals surface area contributed by atoms with E-state index in [0.29, 0.717) is 61.3 Å². The van der Waals surface area contributed by atoms with E-state index in [2.05, 4.69) is 20.2 Å². The van der Waals surface area contributed by atoms with Crippen LogP contribution in [0.25, 0.3) is 0 Å². The number of carbonyl (C=O) groups excluding carboxylic acids is 2. The fourth-order valence-electron chi connectivity index (χ4n) is 7.04. The van der Waals surface area contributed by atoms with Crippen molar-refractivity contribution >= 4 is 27.8 Å². The van der Waals surface area contributed by atoms with Gasteiger partial charge in [-0.1, -0.05) is 30.3 Å². The quantitative estimate of drug-likeness (QED) is 0.485. The van der Waals surface area contributed by atoms with Crippen LogP contribution < -0.4 is 9.62 Å². The van der Waals surface area contributed by atoms with Gasteiger partial charge in [0.1, 0.15) is 0 Å². The number of aromatic nitrogens is 2. The van der Waals surface area contributed by atoms with Gasteiger partial charge >= 0.3 is 0 Å². The van der Waals surface area contributed by atoms with Crippen LogP contribution in [0, 0.1) is 31.6 Å². The third-order valence-corrected chi connectivity index (χ3v) is 11.2. The van der Waals surface area contributed by atoms with Gasteiger partial charge in [-0.3, -0.25) is 9.59 Å². The van der Waals surface area contributed by atoms with E-state index in [4.69, 9.17) is 0 Å². The minimum Gasteiger partial charge on any atom is -0.349 e. The molecule has 1 aromatic heterocycles. The van der Waals surface area contributed by atoms with Gasteiger partial charge in [0, 0.05) is 58.0 Å². The molecular formula is C30H38F2N6O4S. The largest absolute Gasteiger partial charge is 0.349 e. The van der Waals surface area contributed by atoms with Gasteiger partial charge in [-0.15, -0.1) is 0 Å². The molecule has 3 aliphatic heterocycles. The minimum atomic E-state index is -3.42. The van der Waals surface area contributed by atoms with Crippen molar-refractivity contribution < 1.29 is 26.8 Å². The maximum absolute atomic E-state index is 13.6. The summed E-state index contributed by atoms with van der Waals surface area (Å²) in [4.78, 5) is 39.3. The highest BCUT2D eigenvalue weighted by molar-refractivity contribution is 7.93. The highest BCUT2D eigenvalue weighted by Gasteiger charge is 2.49. The van der Waals surface area contributed by atoms with Crippen LogP contribution in [0.1, 0.15) is 59.0 Å². The van der Waals surface area contributed by atoms with Gasteiger partial charge in [0.2, 0.25) is 27.8 Å². The van der Waals surface area contributed by atoms with E-state index in [1.807, 2.05) is 35.2 Å². The summed E-state index contributed by atoms with van der Waals surface area (Å²) in [5, 5.41) is 3.02. The first-order valence-electron chi connectivity index (χ1n) is 15.0. The van der Waals surface area contributed by atoms with Gasteiger partial charge < -0.3 is 15.1 Å². The molecule has 3 atom stereocenters. The van der Waals surface area contributed by atoms with Crippen LogP contribution in [-0.4, -0.2) is 90.9 Å². The number of benzene rings is 1. The van der Waals surface area contributed by atoms with E-state index < -0.39 is 21.9 Å². The molecule has 232 valence electrons. The SMILES string of the molecule is Cc1nc(N2CCCS2(=O)=O)nc(C)c1C(=O)N1CC2CN(CCC(NC(=O)C3CC(F)(F)C3)c3ccccc3)C[C@H]2C1. The molecule has 13 heteroatoms. The first-order chi connectivity index (χ1) is 20.4. The molecule has 1 N–H and O–H groups in total. The predicted octanol–water partition coefficient (Wildman–Crippen LogP) is 2.93. The molecule has 0 spiro atoms. The molecule has 4 fully saturated rings. The first-order valence-corrected chi connectivity index (χ1v) is 16.6. The summed E-state index contributed by atoms with van der Waals surface area (Å²) < 4.78 is 52.6. The van der Waals surface area contributed by atoms with E-state index in [-0.39, 0.29) is 42.4 Å². The van der Waals surface area contributed by atoms with Gasteiger partial charge in [-0.25, -0.2) is 31.5 Å². The van der Waals surface area contributed by atoms with Gasteiger partial charge in [-0.2, -0.15) is 0 Å². The van der Waals surface area contributed by atoms with Crippen molar-refractivity contribution in [2.24, 2.45) is 17.8 Å². The van der Waals surface area contributed by atoms with Gasteiger partial charge in [0.15, 0.2) is 0 Å². The summed E-state index contributed by atoms with van der Waals surface area (Å²) in [6.07, 6.45) is 0.415. The second-order valence-corrected chi connectivity index (χ2v) is 14.5. The minimum absolute atomic E-state index is 0.0756. The van der Waals surface area contributed by atoms with Crippen molar-refractivity contribution in [1.29, 1.82) is 0 Å². The van der Waals surface area contributed by atoms with Crippen LogP contribution in [0.15, 0.2) is 30.3 Å². The van der Waals surface area contributed by atoms with Crippen LogP contribution >= 0.6 is 0 Å². The third kappa shape index (κ3) is 6.11. The molecule has 4 heterocycles. The predicted molar refractivity (Wildman–Crippen MR) is 156 cm³/mol. The maximum atomic E-state index is 13.6. The summed E-state index contributed by atoms with van der Waals surface area (Å²) in [6.45, 7) is 7.45. The van der Waals surface area contributed by atoms with Crippen LogP contribution in [0.4, 0.5) is 14.7 Å². The Bertz CT molecular complexity index is 1460. The monoisotopic (exact) mass is 616 g/mol. The zero-order chi connectivity index (χ0) is 30.5. The number of anilines is 1. The van der Waals surface area contributed by atoms with Crippen molar-refractivity contribution in [2.45, 2.75) is 51.5 Å². The zero-order valence-corrected chi connectivity index (χ0v) is 25.3. The summed E-state index contributed by atoms with van der Waals surface area (Å²) in [5.41, 5.74) is 2.35. The lowest BCUT2D eigenvalue weighted by molar-refractivity contribution is -0.150. The zero-order valence-electron chi connectivity index (χ0n) is 24.5. The second-order valence-electron chi connectivity index (χ2n) is 12.5. The fraction of sp³-hybridized carbons (Fsp3) is 0.600. The highest BCUT2D eigenvalue weighted by atomic mass is 32.2. The van der Waals surface area contributed by atoms with Crippen LogP contribution in [0.5, 0.6) is 0 Å². The smallest absolute Gasteiger partial charge is 0.257 e. The summed E-state index contributed by atoms with van der Waals surface area (Å²) >= 11 is 0. The number of nitrogens with one attached hydrogen (secondary N) is 1. The highest BCUT2D eigenvalue weighted by Crippen LogP contribution is 2.42. The van der Waals surface area contributed by atoms with Crippen LogP contribution in [0.3, 0.4) is 0 Å². The lowest BCUT2D eigenvalue weighted by atomic mass is 9.80. The van der Waals surface area contributed by atoms with E-state index in [1.54, 1.807) is 13.8 Å². The van der Waals surface area contributed by atoms with Crippen molar-refractivity contribution in [3.8, 4) is 0 Å². The molecule has 0 bridgehead atoms. The second kappa shape index (κ2) is 11.4. The molecule has 1 aliphatic carbocycles. The molecule has 1 saturated carbocycles. The van der Waals surface area contributed by atoms with Crippen LogP contribution in [-0.2, 0) is 14.8 Å². The molecule has 2 unspecified atom stereocenters. The van der Waals surface area contributed by atoms with E-state index in [0.717, 1.165) is 25.2 Å². The molecule has 6 rings (SSSR count). The van der Waals surface area contributed by atoms with Crippen molar-refractivity contribution in [2.75, 3.05) is 49.3 Å². The lowest BCUT2D eigenvalue weighted by Crippen LogP contribution is -2.46. The number of sulfonamides is 1. The molecule has 2 aromatic rings. The summed E-state index contributed by atoms with van der Waals surface area (Å²) in [5.74, 6) is -2.96. The number of fused-ring (bicyclic) bond motifs is 1. The number of rotatable bonds is 8. The Balaban J connectivity index is 1.05. The topological polar surface area (TPSA) is 116 Å². The van der Waals surface area contributed by atoms with Crippen molar-refractivity contribution in [3.05, 3.63) is 52.8 Å². The van der Waals surface area contributed by atoms with Crippen LogP contribution in [0.2, 0.25) is 0 Å². The summed E-state index contributed by atoms with van der Waals surface area (Å²) in [7, 11) is -3.42. The molecule has 0 radical (unpaired) electrons. The molecule has 4 aliphatic rings. The Morgan fingerprint density at radius 1 is 1.02 bits per heavy atom. The Labute approximate surface area is 250 Å². The Hall–Kier alpha value is -3.19. The first kappa shape index (κ1) is 29.9. The number of aryl methyl sites for hydroxylation is 2. The Morgan fingerprint density at radius 2 is 1.65 bits per heavy atom. The molecular weight excluding hydrogens is 578 g/mol. The lowest BCUT2D eigenvalue weighted by Gasteiger charge is -2.35. The maximum Gasteiger partial charge on any atom is 0.257 e. The number of halogens is 2. The standard InChI is InChI=1S/C30H38F2N6O4S/c1-19-26(20(2)34-29(33-19)38-10-6-12-43(38,41)42)28(40)37-17-23-15-36(16-24(23)18-37)11-9-25(21-7-4-3-5-8-21)35-27(39)22-13-30(31,32)14-22/h3-5,7-8,22-25H,6,9-18H2,1-2H3,(H,35,39)/t23-,24?,25?/m0/s1. The van der Waals surface area contributed by atoms with E-state index in [9.17, 15) is 26.8 Å². The number of carbonyl (C=O) groups is 2. The normalized spacial score (nSPS) is 25.4. The number of nitrogens with zero attached hydrogens (tertiary/aromatic N) is 5. The van der Waals surface area contributed by atoms with Gasteiger partial charge in [0.25, 0.3) is 5.91 Å². The number of hydrogen-bond donors (Lipinski definition) is 1. The summed E-state index contributed by atoms with van der Waals surface area (Å²) in [6, 6.07) is 9.37. The molecule has 2 amide bonds. The van der Waals surface area contributed by atoms with Crippen molar-refractivity contribution in [1.82, 2.24) is 25.1 Å². The molecule has 3 saturated heterocycles. The average molecular weight is 617 g/mol. The Kier molecular flexibility index (Phi) is 7.91. The number of alkyl halides is 2. The fourth-order valence-corrected chi connectivity index (χ4v) is 8.49. The molecule has 10 nitrogen and oxygen atoms in total. The molecule has 43 heavy (non-hydrogen) atoms. The van der Waals surface area contributed by atoms with E-state index in [1.165, 1.54) is 4.31 Å². The molecule has 1 aromatic carbocycles. The Morgan fingerprint density at radius 3 is 2.21 bits per heavy atom. The van der Waals surface area contributed by atoms with E-state index >= 15 is 0 Å². The number of hydrogen-bond acceptors (Lipinski definition) is 7. The van der Waals surface area contributed by atoms with Crippen molar-refractivity contribution in [3.63, 3.8) is 0 Å². The number of likely N-dealkylation sites (tertiary alicyclic amines) is 2. The third-order valence-electron chi connectivity index (χ3n) is 9.36. The van der Waals surface area contributed by atoms with Gasteiger partial charge in [0.05, 0.1) is 28.7 Å². The number of amides is 2. The van der Waals surface area contributed by atoms with Gasteiger partial charge in [-0.05, 0) is 44.1 Å².